The van der Waals surface area contributed by atoms with E-state index in [-0.39, 0.29) is 23.1 Å². The lowest BCUT2D eigenvalue weighted by Crippen LogP contribution is -2.59. The van der Waals surface area contributed by atoms with Gasteiger partial charge in [-0.25, -0.2) is 9.88 Å². The van der Waals surface area contributed by atoms with E-state index in [2.05, 4.69) is 18.8 Å². The van der Waals surface area contributed by atoms with Crippen molar-refractivity contribution >= 4 is 28.3 Å². The number of aromatic nitrogens is 1. The van der Waals surface area contributed by atoms with Crippen LogP contribution >= 0.6 is 11.3 Å². The summed E-state index contributed by atoms with van der Waals surface area (Å²) in [5.41, 5.74) is 1.01. The standard InChI is InChI=1S/C19H20N2O2S/c1-18(2)13-9-10-19(18,3)16(23)21(15(13)22)17-20-14(11-24-17)12-7-5-4-6-8-12/h4-8,11,13H,9-10H2,1-3H3/t13-,19+/m0/s1. The molecule has 1 aliphatic carbocycles. The third-order valence-corrected chi connectivity index (χ3v) is 7.00. The van der Waals surface area contributed by atoms with Gasteiger partial charge in [0.1, 0.15) is 0 Å². The Bertz CT molecular complexity index is 827. The van der Waals surface area contributed by atoms with E-state index in [1.807, 2.05) is 42.6 Å². The molecule has 2 aromatic rings. The highest BCUT2D eigenvalue weighted by atomic mass is 32.1. The molecule has 4 rings (SSSR count). The van der Waals surface area contributed by atoms with Crippen LogP contribution in [0.1, 0.15) is 33.6 Å². The van der Waals surface area contributed by atoms with Crippen molar-refractivity contribution in [3.63, 3.8) is 0 Å². The number of nitrogens with zero attached hydrogens (tertiary/aromatic N) is 2. The third-order valence-electron chi connectivity index (χ3n) is 6.17. The summed E-state index contributed by atoms with van der Waals surface area (Å²) in [6.07, 6.45) is 1.55. The maximum atomic E-state index is 13.1. The fraction of sp³-hybridized carbons (Fsp3) is 0.421. The summed E-state index contributed by atoms with van der Waals surface area (Å²) in [5.74, 6) is -0.293. The van der Waals surface area contributed by atoms with Crippen LogP contribution in [0.25, 0.3) is 11.3 Å². The van der Waals surface area contributed by atoms with Crippen molar-refractivity contribution in [2.24, 2.45) is 16.7 Å². The SMILES string of the molecule is CC1(C)[C@H]2CC[C@]1(C)C(=O)N(c1nc(-c3ccccc3)cs1)C2=O. The Hall–Kier alpha value is -2.01. The summed E-state index contributed by atoms with van der Waals surface area (Å²) in [5, 5.41) is 2.41. The Morgan fingerprint density at radius 2 is 1.88 bits per heavy atom. The van der Waals surface area contributed by atoms with Crippen molar-refractivity contribution in [3.05, 3.63) is 35.7 Å². The normalized spacial score (nSPS) is 28.5. The average molecular weight is 340 g/mol. The van der Waals surface area contributed by atoms with Gasteiger partial charge in [-0.3, -0.25) is 9.59 Å². The van der Waals surface area contributed by atoms with Crippen LogP contribution in [0, 0.1) is 16.7 Å². The Kier molecular flexibility index (Phi) is 3.23. The number of piperidine rings is 1. The van der Waals surface area contributed by atoms with Crippen molar-refractivity contribution in [2.75, 3.05) is 4.90 Å². The molecule has 1 aliphatic heterocycles. The number of thiazole rings is 1. The molecule has 24 heavy (non-hydrogen) atoms. The number of benzene rings is 1. The fourth-order valence-corrected chi connectivity index (χ4v) is 4.94. The molecule has 5 heteroatoms. The van der Waals surface area contributed by atoms with Gasteiger partial charge >= 0.3 is 0 Å². The van der Waals surface area contributed by atoms with Gasteiger partial charge in [0.05, 0.1) is 11.1 Å². The molecule has 0 N–H and O–H groups in total. The molecule has 124 valence electrons. The summed E-state index contributed by atoms with van der Waals surface area (Å²) < 4.78 is 0. The van der Waals surface area contributed by atoms with E-state index in [1.165, 1.54) is 16.2 Å². The second-order valence-corrected chi connectivity index (χ2v) is 8.34. The summed E-state index contributed by atoms with van der Waals surface area (Å²) >= 11 is 1.36. The lowest BCUT2D eigenvalue weighted by molar-refractivity contribution is -0.146. The van der Waals surface area contributed by atoms with E-state index in [0.717, 1.165) is 24.1 Å². The Balaban J connectivity index is 1.75. The molecule has 2 aliphatic rings. The van der Waals surface area contributed by atoms with Crippen LogP contribution in [0.3, 0.4) is 0 Å². The van der Waals surface area contributed by atoms with Crippen LogP contribution in [0.2, 0.25) is 0 Å². The number of anilines is 1. The minimum Gasteiger partial charge on any atom is -0.274 e. The molecule has 1 saturated carbocycles. The Labute approximate surface area is 145 Å². The zero-order chi connectivity index (χ0) is 17.1. The number of rotatable bonds is 2. The van der Waals surface area contributed by atoms with Crippen molar-refractivity contribution in [1.82, 2.24) is 4.98 Å². The molecule has 1 aromatic heterocycles. The monoisotopic (exact) mass is 340 g/mol. The minimum atomic E-state index is -0.496. The molecule has 4 nitrogen and oxygen atoms in total. The van der Waals surface area contributed by atoms with Gasteiger partial charge in [-0.2, -0.15) is 0 Å². The summed E-state index contributed by atoms with van der Waals surface area (Å²) in [6, 6.07) is 9.82. The highest BCUT2D eigenvalue weighted by Crippen LogP contribution is 2.60. The maximum absolute atomic E-state index is 13.1. The molecular weight excluding hydrogens is 320 g/mol. The Morgan fingerprint density at radius 1 is 1.17 bits per heavy atom. The van der Waals surface area contributed by atoms with Gasteiger partial charge < -0.3 is 0 Å². The van der Waals surface area contributed by atoms with Gasteiger partial charge in [-0.1, -0.05) is 51.1 Å². The minimum absolute atomic E-state index is 0.0889. The van der Waals surface area contributed by atoms with Crippen molar-refractivity contribution in [2.45, 2.75) is 33.6 Å². The van der Waals surface area contributed by atoms with E-state index < -0.39 is 5.41 Å². The molecule has 0 unspecified atom stereocenters. The molecule has 1 aromatic carbocycles. The molecule has 0 spiro atoms. The first-order valence-corrected chi connectivity index (χ1v) is 9.13. The van der Waals surface area contributed by atoms with Gasteiger partial charge in [0.15, 0.2) is 5.13 Å². The number of hydrogen-bond donors (Lipinski definition) is 0. The predicted octanol–water partition coefficient (Wildman–Crippen LogP) is 4.13. The first-order valence-electron chi connectivity index (χ1n) is 8.25. The Morgan fingerprint density at radius 3 is 2.58 bits per heavy atom. The highest BCUT2D eigenvalue weighted by Gasteiger charge is 2.65. The van der Waals surface area contributed by atoms with Crippen LogP contribution in [0.5, 0.6) is 0 Å². The molecule has 2 fully saturated rings. The number of fused-ring (bicyclic) bond motifs is 2. The third kappa shape index (κ3) is 1.88. The van der Waals surface area contributed by atoms with Crippen LogP contribution in [-0.4, -0.2) is 16.8 Å². The summed E-state index contributed by atoms with van der Waals surface area (Å²) in [7, 11) is 0. The van der Waals surface area contributed by atoms with E-state index >= 15 is 0 Å². The number of carbonyl (C=O) groups excluding carboxylic acids is 2. The molecule has 2 amide bonds. The molecule has 1 saturated heterocycles. The smallest absolute Gasteiger partial charge is 0.242 e. The number of carbonyl (C=O) groups is 2. The van der Waals surface area contributed by atoms with Crippen molar-refractivity contribution in [1.29, 1.82) is 0 Å². The predicted molar refractivity (Wildman–Crippen MR) is 94.7 cm³/mol. The largest absolute Gasteiger partial charge is 0.274 e. The highest BCUT2D eigenvalue weighted by molar-refractivity contribution is 7.14. The number of imide groups is 1. The van der Waals surface area contributed by atoms with E-state index in [9.17, 15) is 9.59 Å². The maximum Gasteiger partial charge on any atom is 0.242 e. The van der Waals surface area contributed by atoms with Crippen LogP contribution in [0.15, 0.2) is 35.7 Å². The molecule has 2 bridgehead atoms. The quantitative estimate of drug-likeness (QED) is 0.773. The van der Waals surface area contributed by atoms with Crippen LogP contribution in [0.4, 0.5) is 5.13 Å². The second-order valence-electron chi connectivity index (χ2n) is 7.51. The molecule has 2 atom stereocenters. The molecule has 2 heterocycles. The summed E-state index contributed by atoms with van der Waals surface area (Å²) in [4.78, 5) is 32.0. The lowest BCUT2D eigenvalue weighted by atomic mass is 9.62. The lowest BCUT2D eigenvalue weighted by Gasteiger charge is -2.46. The van der Waals surface area contributed by atoms with Gasteiger partial charge in [-0.05, 0) is 18.3 Å². The van der Waals surface area contributed by atoms with Gasteiger partial charge in [-0.15, -0.1) is 11.3 Å². The van der Waals surface area contributed by atoms with Gasteiger partial charge in [0.2, 0.25) is 11.8 Å². The summed E-state index contributed by atoms with van der Waals surface area (Å²) in [6.45, 7) is 6.10. The molecule has 0 radical (unpaired) electrons. The average Bonchev–Trinajstić information content (AvgIpc) is 3.10. The molecular formula is C19H20N2O2S. The zero-order valence-corrected chi connectivity index (χ0v) is 14.9. The van der Waals surface area contributed by atoms with E-state index in [0.29, 0.717) is 5.13 Å². The first kappa shape index (κ1) is 15.5. The zero-order valence-electron chi connectivity index (χ0n) is 14.1. The van der Waals surface area contributed by atoms with Gasteiger partial charge in [0, 0.05) is 16.9 Å². The van der Waals surface area contributed by atoms with Crippen molar-refractivity contribution < 1.29 is 9.59 Å². The number of hydrogen-bond acceptors (Lipinski definition) is 4. The number of amides is 2. The topological polar surface area (TPSA) is 50.3 Å². The first-order chi connectivity index (χ1) is 11.4. The van der Waals surface area contributed by atoms with Crippen LogP contribution in [-0.2, 0) is 9.59 Å². The van der Waals surface area contributed by atoms with Gasteiger partial charge in [0.25, 0.3) is 0 Å². The van der Waals surface area contributed by atoms with Crippen LogP contribution < -0.4 is 4.90 Å². The van der Waals surface area contributed by atoms with Crippen molar-refractivity contribution in [3.8, 4) is 11.3 Å². The van der Waals surface area contributed by atoms with E-state index in [1.54, 1.807) is 0 Å². The fourth-order valence-electron chi connectivity index (χ4n) is 4.11. The van der Waals surface area contributed by atoms with E-state index in [4.69, 9.17) is 0 Å². The second kappa shape index (κ2) is 4.99.